The van der Waals surface area contributed by atoms with Crippen molar-refractivity contribution < 1.29 is 9.53 Å². The van der Waals surface area contributed by atoms with Crippen LogP contribution in [0.15, 0.2) is 24.3 Å². The van der Waals surface area contributed by atoms with E-state index in [0.29, 0.717) is 17.2 Å². The summed E-state index contributed by atoms with van der Waals surface area (Å²) >= 11 is 1.31. The number of nitrogens with two attached hydrogens (primary N) is 1. The van der Waals surface area contributed by atoms with Crippen molar-refractivity contribution >= 4 is 33.3 Å². The summed E-state index contributed by atoms with van der Waals surface area (Å²) in [5.41, 5.74) is 8.81. The molecule has 0 unspecified atom stereocenters. The molecule has 0 radical (unpaired) electrons. The minimum Gasteiger partial charge on any atom is -0.462 e. The van der Waals surface area contributed by atoms with Gasteiger partial charge < -0.3 is 10.5 Å². The van der Waals surface area contributed by atoms with Gasteiger partial charge in [-0.15, -0.1) is 5.10 Å². The highest BCUT2D eigenvalue weighted by atomic mass is 32.1. The molecular weight excluding hydrogens is 288 g/mol. The lowest BCUT2D eigenvalue weighted by molar-refractivity contribution is 0.0527. The predicted octanol–water partition coefficient (Wildman–Crippen LogP) is 2.55. The largest absolute Gasteiger partial charge is 0.462 e. The molecule has 21 heavy (non-hydrogen) atoms. The number of carbonyl (C=O) groups excluding carboxylic acids is 1. The number of benzene rings is 1. The minimum atomic E-state index is -0.403. The zero-order valence-corrected chi connectivity index (χ0v) is 12.5. The first kappa shape index (κ1) is 13.6. The Morgan fingerprint density at radius 3 is 2.95 bits per heavy atom. The van der Waals surface area contributed by atoms with Crippen molar-refractivity contribution in [2.24, 2.45) is 0 Å². The van der Waals surface area contributed by atoms with E-state index in [-0.39, 0.29) is 0 Å². The van der Waals surface area contributed by atoms with Crippen molar-refractivity contribution in [3.63, 3.8) is 0 Å². The van der Waals surface area contributed by atoms with Crippen molar-refractivity contribution in [3.05, 3.63) is 35.4 Å². The molecule has 0 aliphatic heterocycles. The van der Waals surface area contributed by atoms with Gasteiger partial charge in [-0.05, 0) is 26.0 Å². The summed E-state index contributed by atoms with van der Waals surface area (Å²) in [4.78, 5) is 12.0. The van der Waals surface area contributed by atoms with Crippen LogP contribution in [0.1, 0.15) is 22.8 Å². The zero-order valence-electron chi connectivity index (χ0n) is 11.7. The number of para-hydroxylation sites is 1. The van der Waals surface area contributed by atoms with E-state index in [1.807, 2.05) is 31.2 Å². The SMILES string of the molecule is CCOC(=O)c1c(N)sc(-n2nnc3ccccc32)c1C. The molecule has 0 saturated heterocycles. The van der Waals surface area contributed by atoms with E-state index in [2.05, 4.69) is 10.3 Å². The molecule has 1 aromatic carbocycles. The number of nitrogens with zero attached hydrogens (tertiary/aromatic N) is 3. The summed E-state index contributed by atoms with van der Waals surface area (Å²) in [6, 6.07) is 7.63. The number of nitrogen functional groups attached to an aromatic ring is 1. The normalized spacial score (nSPS) is 11.0. The third-order valence-electron chi connectivity index (χ3n) is 3.17. The standard InChI is InChI=1S/C14H14N4O2S/c1-3-20-14(19)11-8(2)13(21-12(11)15)18-10-7-5-4-6-9(10)16-17-18/h4-7H,3,15H2,1-2H3. The number of esters is 1. The van der Waals surface area contributed by atoms with Crippen LogP contribution < -0.4 is 5.73 Å². The van der Waals surface area contributed by atoms with Crippen LogP contribution in [0.2, 0.25) is 0 Å². The van der Waals surface area contributed by atoms with Crippen molar-refractivity contribution in [3.8, 4) is 5.00 Å². The average molecular weight is 302 g/mol. The van der Waals surface area contributed by atoms with Gasteiger partial charge in [0.05, 0.1) is 17.7 Å². The Kier molecular flexibility index (Phi) is 3.34. The number of thiophene rings is 1. The summed E-state index contributed by atoms with van der Waals surface area (Å²) in [6.07, 6.45) is 0. The van der Waals surface area contributed by atoms with Gasteiger partial charge in [0.1, 0.15) is 15.5 Å². The molecule has 2 aromatic heterocycles. The Morgan fingerprint density at radius 2 is 2.19 bits per heavy atom. The quantitative estimate of drug-likeness (QED) is 0.752. The molecule has 0 aliphatic rings. The minimum absolute atomic E-state index is 0.315. The van der Waals surface area contributed by atoms with Crippen LogP contribution in [0.4, 0.5) is 5.00 Å². The average Bonchev–Trinajstić information content (AvgIpc) is 3.00. The van der Waals surface area contributed by atoms with Crippen LogP contribution >= 0.6 is 11.3 Å². The van der Waals surface area contributed by atoms with Gasteiger partial charge in [0.15, 0.2) is 0 Å². The van der Waals surface area contributed by atoms with Gasteiger partial charge in [-0.25, -0.2) is 9.48 Å². The molecule has 3 aromatic rings. The van der Waals surface area contributed by atoms with E-state index >= 15 is 0 Å². The lowest BCUT2D eigenvalue weighted by atomic mass is 10.2. The number of hydrogen-bond acceptors (Lipinski definition) is 6. The fraction of sp³-hybridized carbons (Fsp3) is 0.214. The molecule has 0 bridgehead atoms. The zero-order chi connectivity index (χ0) is 15.0. The van der Waals surface area contributed by atoms with Crippen LogP contribution in [-0.2, 0) is 4.74 Å². The smallest absolute Gasteiger partial charge is 0.341 e. The van der Waals surface area contributed by atoms with Gasteiger partial charge in [0.2, 0.25) is 0 Å². The molecule has 0 aliphatic carbocycles. The number of carbonyl (C=O) groups is 1. The van der Waals surface area contributed by atoms with E-state index < -0.39 is 5.97 Å². The molecule has 0 spiro atoms. The highest BCUT2D eigenvalue weighted by molar-refractivity contribution is 7.19. The fourth-order valence-electron chi connectivity index (χ4n) is 2.20. The fourth-order valence-corrected chi connectivity index (χ4v) is 3.22. The van der Waals surface area contributed by atoms with Crippen LogP contribution in [0.3, 0.4) is 0 Å². The summed E-state index contributed by atoms with van der Waals surface area (Å²) in [5, 5.41) is 9.49. The topological polar surface area (TPSA) is 83.0 Å². The van der Waals surface area contributed by atoms with Gasteiger partial charge in [0.25, 0.3) is 0 Å². The van der Waals surface area contributed by atoms with Crippen molar-refractivity contribution in [2.45, 2.75) is 13.8 Å². The summed E-state index contributed by atoms with van der Waals surface area (Å²) in [6.45, 7) is 3.92. The molecule has 0 fully saturated rings. The first-order valence-electron chi connectivity index (χ1n) is 6.50. The number of rotatable bonds is 3. The van der Waals surface area contributed by atoms with Crippen LogP contribution in [0.25, 0.3) is 16.0 Å². The highest BCUT2D eigenvalue weighted by Gasteiger charge is 2.22. The van der Waals surface area contributed by atoms with E-state index in [1.54, 1.807) is 11.6 Å². The molecule has 108 valence electrons. The number of anilines is 1. The van der Waals surface area contributed by atoms with Crippen LogP contribution in [0, 0.1) is 6.92 Å². The lowest BCUT2D eigenvalue weighted by Crippen LogP contribution is -2.08. The van der Waals surface area contributed by atoms with E-state index in [9.17, 15) is 4.79 Å². The molecule has 6 nitrogen and oxygen atoms in total. The first-order valence-corrected chi connectivity index (χ1v) is 7.32. The van der Waals surface area contributed by atoms with Gasteiger partial charge in [-0.2, -0.15) is 0 Å². The molecule has 2 heterocycles. The Hall–Kier alpha value is -2.41. The molecule has 0 amide bonds. The predicted molar refractivity (Wildman–Crippen MR) is 81.8 cm³/mol. The molecular formula is C14H14N4O2S. The molecule has 0 saturated carbocycles. The Morgan fingerprint density at radius 1 is 1.43 bits per heavy atom. The van der Waals surface area contributed by atoms with Crippen LogP contribution in [0.5, 0.6) is 0 Å². The number of hydrogen-bond donors (Lipinski definition) is 1. The summed E-state index contributed by atoms with van der Waals surface area (Å²) in [7, 11) is 0. The maximum atomic E-state index is 12.0. The summed E-state index contributed by atoms with van der Waals surface area (Å²) < 4.78 is 6.75. The number of fused-ring (bicyclic) bond motifs is 1. The first-order chi connectivity index (χ1) is 10.1. The monoisotopic (exact) mass is 302 g/mol. The van der Waals surface area contributed by atoms with Gasteiger partial charge in [-0.1, -0.05) is 28.7 Å². The second-order valence-electron chi connectivity index (χ2n) is 4.48. The second-order valence-corrected chi connectivity index (χ2v) is 5.51. The second kappa shape index (κ2) is 5.17. The van der Waals surface area contributed by atoms with Gasteiger partial charge in [0, 0.05) is 5.56 Å². The molecule has 3 rings (SSSR count). The Labute approximate surface area is 125 Å². The number of aromatic nitrogens is 3. The van der Waals surface area contributed by atoms with E-state index in [0.717, 1.165) is 21.6 Å². The van der Waals surface area contributed by atoms with Gasteiger partial charge >= 0.3 is 5.97 Å². The summed E-state index contributed by atoms with van der Waals surface area (Å²) in [5.74, 6) is -0.403. The third kappa shape index (κ3) is 2.15. The number of ether oxygens (including phenoxy) is 1. The van der Waals surface area contributed by atoms with E-state index in [1.165, 1.54) is 11.3 Å². The van der Waals surface area contributed by atoms with Crippen LogP contribution in [-0.4, -0.2) is 27.6 Å². The van der Waals surface area contributed by atoms with Crippen molar-refractivity contribution in [2.75, 3.05) is 12.3 Å². The van der Waals surface area contributed by atoms with E-state index in [4.69, 9.17) is 10.5 Å². The van der Waals surface area contributed by atoms with Gasteiger partial charge in [-0.3, -0.25) is 0 Å². The molecule has 7 heteroatoms. The lowest BCUT2D eigenvalue weighted by Gasteiger charge is -2.03. The molecule has 2 N–H and O–H groups in total. The third-order valence-corrected chi connectivity index (χ3v) is 4.27. The Bertz CT molecular complexity index is 822. The molecule has 0 atom stereocenters. The maximum absolute atomic E-state index is 12.0. The maximum Gasteiger partial charge on any atom is 0.341 e. The van der Waals surface area contributed by atoms with Crippen molar-refractivity contribution in [1.82, 2.24) is 15.0 Å². The highest BCUT2D eigenvalue weighted by Crippen LogP contribution is 2.34. The Balaban J connectivity index is 2.16. The van der Waals surface area contributed by atoms with Crippen molar-refractivity contribution in [1.29, 1.82) is 0 Å².